The lowest BCUT2D eigenvalue weighted by atomic mass is 10.0. The van der Waals surface area contributed by atoms with Crippen LogP contribution in [0.4, 0.5) is 13.9 Å². The van der Waals surface area contributed by atoms with Crippen LogP contribution in [-0.2, 0) is 4.74 Å². The van der Waals surface area contributed by atoms with Crippen molar-refractivity contribution < 1.29 is 13.5 Å². The van der Waals surface area contributed by atoms with Crippen molar-refractivity contribution in [1.29, 1.82) is 5.41 Å². The van der Waals surface area contributed by atoms with Gasteiger partial charge in [0.15, 0.2) is 5.13 Å². The molecule has 2 aliphatic rings. The smallest absolute Gasteiger partial charge is 0.186 e. The van der Waals surface area contributed by atoms with Crippen LogP contribution < -0.4 is 4.90 Å². The first kappa shape index (κ1) is 21.7. The van der Waals surface area contributed by atoms with Gasteiger partial charge in [0.25, 0.3) is 0 Å². The predicted octanol–water partition coefficient (Wildman–Crippen LogP) is 4.48. The van der Waals surface area contributed by atoms with E-state index in [1.54, 1.807) is 34.6 Å². The minimum Gasteiger partial charge on any atom is -0.378 e. The van der Waals surface area contributed by atoms with Crippen LogP contribution in [0, 0.1) is 17.0 Å². The Morgan fingerprint density at radius 1 is 1.24 bits per heavy atom. The van der Waals surface area contributed by atoms with E-state index in [1.165, 1.54) is 6.07 Å². The number of nitrogens with one attached hydrogen (secondary N) is 2. The summed E-state index contributed by atoms with van der Waals surface area (Å²) in [6.45, 7) is 3.72. The van der Waals surface area contributed by atoms with Gasteiger partial charge in [-0.2, -0.15) is 0 Å². The highest BCUT2D eigenvalue weighted by atomic mass is 32.1. The molecule has 0 bridgehead atoms. The quantitative estimate of drug-likeness (QED) is 0.425. The zero-order chi connectivity index (χ0) is 22.8. The molecule has 0 saturated carbocycles. The van der Waals surface area contributed by atoms with Gasteiger partial charge in [-0.05, 0) is 43.2 Å². The second-order valence-electron chi connectivity index (χ2n) is 8.03. The van der Waals surface area contributed by atoms with Crippen molar-refractivity contribution in [1.82, 2.24) is 19.9 Å². The number of benzene rings is 1. The van der Waals surface area contributed by atoms with Crippen LogP contribution in [-0.4, -0.2) is 58.5 Å². The molecule has 1 atom stereocenters. The van der Waals surface area contributed by atoms with E-state index in [0.29, 0.717) is 37.6 Å². The SMILES string of the molecule is N=C(/C=C\c1ncc(-c2csc(N3CCOCC3)n2)[nH]1)N1CCCC1c1cc(F)ccc1F. The summed E-state index contributed by atoms with van der Waals surface area (Å²) < 4.78 is 33.3. The highest BCUT2D eigenvalue weighted by Crippen LogP contribution is 2.34. The Labute approximate surface area is 194 Å². The highest BCUT2D eigenvalue weighted by molar-refractivity contribution is 7.14. The predicted molar refractivity (Wildman–Crippen MR) is 125 cm³/mol. The molecule has 1 unspecified atom stereocenters. The second kappa shape index (κ2) is 9.40. The summed E-state index contributed by atoms with van der Waals surface area (Å²) in [7, 11) is 0. The first-order valence-electron chi connectivity index (χ1n) is 10.9. The number of anilines is 1. The van der Waals surface area contributed by atoms with Crippen LogP contribution in [0.15, 0.2) is 35.9 Å². The molecule has 0 radical (unpaired) electrons. The molecular formula is C23H24F2N6OS. The van der Waals surface area contributed by atoms with Crippen molar-refractivity contribution in [2.45, 2.75) is 18.9 Å². The fraction of sp³-hybridized carbons (Fsp3) is 0.348. The van der Waals surface area contributed by atoms with E-state index in [-0.39, 0.29) is 11.9 Å². The molecule has 172 valence electrons. The van der Waals surface area contributed by atoms with Crippen LogP contribution >= 0.6 is 11.3 Å². The van der Waals surface area contributed by atoms with Crippen LogP contribution in [0.25, 0.3) is 17.5 Å². The van der Waals surface area contributed by atoms with Crippen LogP contribution in [0.1, 0.15) is 30.3 Å². The van der Waals surface area contributed by atoms with Gasteiger partial charge in [-0.1, -0.05) is 0 Å². The lowest BCUT2D eigenvalue weighted by Gasteiger charge is -2.26. The topological polar surface area (TPSA) is 81.1 Å². The zero-order valence-electron chi connectivity index (χ0n) is 17.9. The van der Waals surface area contributed by atoms with Crippen LogP contribution in [0.3, 0.4) is 0 Å². The number of hydrogen-bond acceptors (Lipinski definition) is 6. The maximum Gasteiger partial charge on any atom is 0.186 e. The Bertz CT molecular complexity index is 1170. The van der Waals surface area contributed by atoms with Crippen LogP contribution in [0.5, 0.6) is 0 Å². The number of halogens is 2. The average molecular weight is 471 g/mol. The molecular weight excluding hydrogens is 446 g/mol. The van der Waals surface area contributed by atoms with E-state index >= 15 is 0 Å². The summed E-state index contributed by atoms with van der Waals surface area (Å²) in [5.74, 6) is -0.0755. The van der Waals surface area contributed by atoms with Crippen molar-refractivity contribution in [2.75, 3.05) is 37.7 Å². The third-order valence-corrected chi connectivity index (χ3v) is 6.82. The number of H-pyrrole nitrogens is 1. The Hall–Kier alpha value is -3.11. The minimum atomic E-state index is -0.470. The van der Waals surface area contributed by atoms with Gasteiger partial charge in [-0.25, -0.2) is 18.7 Å². The molecule has 0 aliphatic carbocycles. The molecule has 3 aromatic rings. The highest BCUT2D eigenvalue weighted by Gasteiger charge is 2.29. The molecule has 4 heterocycles. The standard InChI is InChI=1S/C23H24F2N6OS/c24-15-3-4-17(25)16(12-15)20-2-1-7-31(20)21(26)5-6-22-27-13-18(28-22)19-14-33-23(29-19)30-8-10-32-11-9-30/h3-6,12-14,20,26H,1-2,7-11H2,(H,27,28)/b6-5-,26-21?. The molecule has 0 amide bonds. The normalized spacial score (nSPS) is 19.0. The van der Waals surface area contributed by atoms with Crippen molar-refractivity contribution >= 4 is 28.4 Å². The lowest BCUT2D eigenvalue weighted by Crippen LogP contribution is -2.36. The van der Waals surface area contributed by atoms with Gasteiger partial charge in [0, 0.05) is 30.6 Å². The maximum atomic E-state index is 14.3. The molecule has 7 nitrogen and oxygen atoms in total. The molecule has 2 aromatic heterocycles. The number of likely N-dealkylation sites (tertiary alicyclic amines) is 1. The summed E-state index contributed by atoms with van der Waals surface area (Å²) in [5.41, 5.74) is 1.92. The summed E-state index contributed by atoms with van der Waals surface area (Å²) >= 11 is 1.59. The van der Waals surface area contributed by atoms with Crippen LogP contribution in [0.2, 0.25) is 0 Å². The van der Waals surface area contributed by atoms with E-state index in [2.05, 4.69) is 14.9 Å². The van der Waals surface area contributed by atoms with Gasteiger partial charge in [0.05, 0.1) is 31.1 Å². The third-order valence-electron chi connectivity index (χ3n) is 5.92. The molecule has 2 N–H and O–H groups in total. The van der Waals surface area contributed by atoms with E-state index < -0.39 is 11.6 Å². The largest absolute Gasteiger partial charge is 0.378 e. The Morgan fingerprint density at radius 2 is 2.09 bits per heavy atom. The van der Waals surface area contributed by atoms with Crippen molar-refractivity contribution in [2.24, 2.45) is 0 Å². The number of nitrogens with zero attached hydrogens (tertiary/aromatic N) is 4. The molecule has 2 fully saturated rings. The van der Waals surface area contributed by atoms with E-state index in [9.17, 15) is 8.78 Å². The summed E-state index contributed by atoms with van der Waals surface area (Å²) in [6, 6.07) is 3.14. The lowest BCUT2D eigenvalue weighted by molar-refractivity contribution is 0.122. The van der Waals surface area contributed by atoms with Crippen molar-refractivity contribution in [3.8, 4) is 11.4 Å². The second-order valence-corrected chi connectivity index (χ2v) is 8.87. The number of rotatable bonds is 5. The molecule has 10 heteroatoms. The number of aromatic amines is 1. The minimum absolute atomic E-state index is 0.238. The molecule has 2 saturated heterocycles. The number of thiazole rings is 1. The average Bonchev–Trinajstić information content (AvgIpc) is 3.60. The zero-order valence-corrected chi connectivity index (χ0v) is 18.7. The van der Waals surface area contributed by atoms with E-state index in [4.69, 9.17) is 15.1 Å². The van der Waals surface area contributed by atoms with Gasteiger partial charge in [0.2, 0.25) is 0 Å². The van der Waals surface area contributed by atoms with E-state index in [1.807, 2.05) is 5.38 Å². The van der Waals surface area contributed by atoms with Gasteiger partial charge < -0.3 is 19.5 Å². The van der Waals surface area contributed by atoms with Crippen molar-refractivity contribution in [3.63, 3.8) is 0 Å². The molecule has 5 rings (SSSR count). The van der Waals surface area contributed by atoms with Gasteiger partial charge in [-0.15, -0.1) is 11.3 Å². The number of amidine groups is 1. The summed E-state index contributed by atoms with van der Waals surface area (Å²) in [4.78, 5) is 16.3. The fourth-order valence-electron chi connectivity index (χ4n) is 4.24. The van der Waals surface area contributed by atoms with E-state index in [0.717, 1.165) is 48.2 Å². The first-order valence-corrected chi connectivity index (χ1v) is 11.8. The molecule has 1 aromatic carbocycles. The molecule has 33 heavy (non-hydrogen) atoms. The fourth-order valence-corrected chi connectivity index (χ4v) is 5.12. The monoisotopic (exact) mass is 470 g/mol. The number of ether oxygens (including phenoxy) is 1. The van der Waals surface area contributed by atoms with Crippen molar-refractivity contribution in [3.05, 3.63) is 58.9 Å². The third kappa shape index (κ3) is 4.67. The number of imidazole rings is 1. The van der Waals surface area contributed by atoms with Gasteiger partial charge >= 0.3 is 0 Å². The molecule has 2 aliphatic heterocycles. The Kier molecular flexibility index (Phi) is 6.19. The number of aromatic nitrogens is 3. The number of hydrogen-bond donors (Lipinski definition) is 2. The summed E-state index contributed by atoms with van der Waals surface area (Å²) in [6.07, 6.45) is 6.58. The number of morpholine rings is 1. The van der Waals surface area contributed by atoms with Gasteiger partial charge in [-0.3, -0.25) is 5.41 Å². The maximum absolute atomic E-state index is 14.3. The molecule has 0 spiro atoms. The first-order chi connectivity index (χ1) is 16.1. The Balaban J connectivity index is 1.27. The Morgan fingerprint density at radius 3 is 2.94 bits per heavy atom. The summed E-state index contributed by atoms with van der Waals surface area (Å²) in [5, 5.41) is 11.4. The van der Waals surface area contributed by atoms with Gasteiger partial charge in [0.1, 0.15) is 29.0 Å².